The standard InChI is InChI=1S/C12H19N5O4/c1-8(9-16-13-7-17(9)2)14-11(20)15-12(10(18)19)3-5-21-6-4-12/h7-8H,3-6H2,1-2H3,(H,18,19)(H2,14,15,20). The minimum Gasteiger partial charge on any atom is -0.480 e. The van der Waals surface area contributed by atoms with Crippen LogP contribution < -0.4 is 10.6 Å². The number of hydrogen-bond donors (Lipinski definition) is 3. The maximum Gasteiger partial charge on any atom is 0.329 e. The van der Waals surface area contributed by atoms with Gasteiger partial charge < -0.3 is 25.0 Å². The molecule has 1 atom stereocenters. The number of aromatic nitrogens is 3. The second-order valence-electron chi connectivity index (χ2n) is 5.12. The van der Waals surface area contributed by atoms with E-state index in [1.165, 1.54) is 6.33 Å². The van der Waals surface area contributed by atoms with Gasteiger partial charge in [-0.1, -0.05) is 0 Å². The molecule has 9 nitrogen and oxygen atoms in total. The lowest BCUT2D eigenvalue weighted by Crippen LogP contribution is -2.59. The molecule has 1 aromatic heterocycles. The molecule has 0 spiro atoms. The molecule has 3 N–H and O–H groups in total. The molecule has 1 aliphatic heterocycles. The van der Waals surface area contributed by atoms with Crippen LogP contribution in [-0.2, 0) is 16.6 Å². The number of rotatable bonds is 4. The van der Waals surface area contributed by atoms with E-state index < -0.39 is 17.5 Å². The van der Waals surface area contributed by atoms with E-state index in [0.717, 1.165) is 0 Å². The molecule has 0 bridgehead atoms. The average molecular weight is 297 g/mol. The van der Waals surface area contributed by atoms with Crippen LogP contribution in [0.15, 0.2) is 6.33 Å². The molecule has 1 unspecified atom stereocenters. The summed E-state index contributed by atoms with van der Waals surface area (Å²) in [6.07, 6.45) is 2.02. The topological polar surface area (TPSA) is 118 Å². The number of nitrogens with zero attached hydrogens (tertiary/aromatic N) is 3. The van der Waals surface area contributed by atoms with Crippen molar-refractivity contribution in [2.75, 3.05) is 13.2 Å². The van der Waals surface area contributed by atoms with Gasteiger partial charge in [0.25, 0.3) is 0 Å². The maximum absolute atomic E-state index is 12.1. The summed E-state index contributed by atoms with van der Waals surface area (Å²) >= 11 is 0. The van der Waals surface area contributed by atoms with E-state index in [1.54, 1.807) is 18.5 Å². The van der Waals surface area contributed by atoms with Gasteiger partial charge in [-0.05, 0) is 6.92 Å². The molecule has 2 rings (SSSR count). The van der Waals surface area contributed by atoms with Crippen molar-refractivity contribution in [2.24, 2.45) is 7.05 Å². The van der Waals surface area contributed by atoms with Crippen LogP contribution in [0.2, 0.25) is 0 Å². The van der Waals surface area contributed by atoms with Gasteiger partial charge in [0.05, 0.1) is 6.04 Å². The molecule has 0 radical (unpaired) electrons. The molecule has 1 saturated heterocycles. The highest BCUT2D eigenvalue weighted by Crippen LogP contribution is 2.21. The van der Waals surface area contributed by atoms with Crippen molar-refractivity contribution in [2.45, 2.75) is 31.3 Å². The number of aryl methyl sites for hydroxylation is 1. The second kappa shape index (κ2) is 6.08. The number of carbonyl (C=O) groups is 2. The van der Waals surface area contributed by atoms with E-state index in [9.17, 15) is 14.7 Å². The van der Waals surface area contributed by atoms with Gasteiger partial charge in [-0.15, -0.1) is 10.2 Å². The first-order chi connectivity index (χ1) is 9.94. The third-order valence-electron chi connectivity index (χ3n) is 3.59. The summed E-state index contributed by atoms with van der Waals surface area (Å²) in [5.41, 5.74) is -1.28. The fourth-order valence-corrected chi connectivity index (χ4v) is 2.31. The zero-order valence-corrected chi connectivity index (χ0v) is 12.0. The Kier molecular flexibility index (Phi) is 4.41. The number of urea groups is 1. The summed E-state index contributed by atoms with van der Waals surface area (Å²) < 4.78 is 6.84. The lowest BCUT2D eigenvalue weighted by molar-refractivity contribution is -0.148. The van der Waals surface area contributed by atoms with Crippen LogP contribution in [0.4, 0.5) is 4.79 Å². The number of carboxylic acid groups (broad SMARTS) is 1. The molecule has 116 valence electrons. The Morgan fingerprint density at radius 2 is 2.14 bits per heavy atom. The predicted octanol–water partition coefficient (Wildman–Crippen LogP) is -0.191. The first kappa shape index (κ1) is 15.2. The van der Waals surface area contributed by atoms with Crippen LogP contribution >= 0.6 is 0 Å². The van der Waals surface area contributed by atoms with Crippen molar-refractivity contribution < 1.29 is 19.4 Å². The number of amides is 2. The highest BCUT2D eigenvalue weighted by Gasteiger charge is 2.41. The van der Waals surface area contributed by atoms with Crippen molar-refractivity contribution in [3.8, 4) is 0 Å². The molecule has 0 aromatic carbocycles. The van der Waals surface area contributed by atoms with Gasteiger partial charge in [0.15, 0.2) is 5.82 Å². The van der Waals surface area contributed by atoms with Crippen molar-refractivity contribution >= 4 is 12.0 Å². The molecule has 2 amide bonds. The van der Waals surface area contributed by atoms with Crippen LogP contribution in [0.3, 0.4) is 0 Å². The number of nitrogens with one attached hydrogen (secondary N) is 2. The van der Waals surface area contributed by atoms with Gasteiger partial charge in [0.1, 0.15) is 11.9 Å². The summed E-state index contributed by atoms with van der Waals surface area (Å²) in [5.74, 6) is -0.464. The third-order valence-corrected chi connectivity index (χ3v) is 3.59. The first-order valence-electron chi connectivity index (χ1n) is 6.68. The van der Waals surface area contributed by atoms with E-state index in [1.807, 2.05) is 0 Å². The van der Waals surface area contributed by atoms with E-state index in [0.29, 0.717) is 19.0 Å². The molecule has 1 aromatic rings. The van der Waals surface area contributed by atoms with Gasteiger partial charge in [0, 0.05) is 33.1 Å². The lowest BCUT2D eigenvalue weighted by Gasteiger charge is -2.34. The number of ether oxygens (including phenoxy) is 1. The number of hydrogen-bond acceptors (Lipinski definition) is 5. The van der Waals surface area contributed by atoms with Gasteiger partial charge in [0.2, 0.25) is 0 Å². The first-order valence-corrected chi connectivity index (χ1v) is 6.68. The van der Waals surface area contributed by atoms with Gasteiger partial charge in [-0.2, -0.15) is 0 Å². The minimum atomic E-state index is -1.28. The minimum absolute atomic E-state index is 0.244. The molecular formula is C12H19N5O4. The van der Waals surface area contributed by atoms with Crippen LogP contribution in [-0.4, -0.2) is 50.6 Å². The molecule has 9 heteroatoms. The molecule has 1 fully saturated rings. The number of carbonyl (C=O) groups excluding carboxylic acids is 1. The highest BCUT2D eigenvalue weighted by molar-refractivity contribution is 5.86. The van der Waals surface area contributed by atoms with E-state index >= 15 is 0 Å². The Morgan fingerprint density at radius 1 is 1.48 bits per heavy atom. The zero-order valence-electron chi connectivity index (χ0n) is 12.0. The number of carboxylic acids is 1. The Morgan fingerprint density at radius 3 is 2.67 bits per heavy atom. The maximum atomic E-state index is 12.1. The molecule has 0 saturated carbocycles. The van der Waals surface area contributed by atoms with Gasteiger partial charge in [-0.3, -0.25) is 0 Å². The van der Waals surface area contributed by atoms with Gasteiger partial charge in [-0.25, -0.2) is 9.59 Å². The summed E-state index contributed by atoms with van der Waals surface area (Å²) in [7, 11) is 1.77. The summed E-state index contributed by atoms with van der Waals surface area (Å²) in [4.78, 5) is 23.5. The van der Waals surface area contributed by atoms with Crippen LogP contribution in [0.1, 0.15) is 31.6 Å². The van der Waals surface area contributed by atoms with E-state index in [2.05, 4.69) is 20.8 Å². The Hall–Kier alpha value is -2.16. The van der Waals surface area contributed by atoms with E-state index in [-0.39, 0.29) is 18.9 Å². The zero-order chi connectivity index (χ0) is 15.5. The van der Waals surface area contributed by atoms with Crippen molar-refractivity contribution in [1.82, 2.24) is 25.4 Å². The molecular weight excluding hydrogens is 278 g/mol. The Labute approximate surface area is 121 Å². The summed E-state index contributed by atoms with van der Waals surface area (Å²) in [6.45, 7) is 2.37. The van der Waals surface area contributed by atoms with Crippen molar-refractivity contribution in [1.29, 1.82) is 0 Å². The lowest BCUT2D eigenvalue weighted by atomic mass is 9.90. The normalized spacial score (nSPS) is 18.8. The van der Waals surface area contributed by atoms with Crippen LogP contribution in [0, 0.1) is 0 Å². The summed E-state index contributed by atoms with van der Waals surface area (Å²) in [5, 5.41) is 22.2. The molecule has 2 heterocycles. The average Bonchev–Trinajstić information content (AvgIpc) is 2.85. The van der Waals surface area contributed by atoms with Crippen LogP contribution in [0.5, 0.6) is 0 Å². The fourth-order valence-electron chi connectivity index (χ4n) is 2.31. The van der Waals surface area contributed by atoms with Crippen molar-refractivity contribution in [3.63, 3.8) is 0 Å². The predicted molar refractivity (Wildman–Crippen MR) is 71.5 cm³/mol. The van der Waals surface area contributed by atoms with Crippen molar-refractivity contribution in [3.05, 3.63) is 12.2 Å². The van der Waals surface area contributed by atoms with Crippen LogP contribution in [0.25, 0.3) is 0 Å². The quantitative estimate of drug-likeness (QED) is 0.709. The van der Waals surface area contributed by atoms with E-state index in [4.69, 9.17) is 4.74 Å². The summed E-state index contributed by atoms with van der Waals surface area (Å²) in [6, 6.07) is -0.932. The monoisotopic (exact) mass is 297 g/mol. The highest BCUT2D eigenvalue weighted by atomic mass is 16.5. The molecule has 21 heavy (non-hydrogen) atoms. The largest absolute Gasteiger partial charge is 0.480 e. The Balaban J connectivity index is 2.00. The second-order valence-corrected chi connectivity index (χ2v) is 5.12. The SMILES string of the molecule is CC(NC(=O)NC1(C(=O)O)CCOCC1)c1nncn1C. The smallest absolute Gasteiger partial charge is 0.329 e. The Bertz CT molecular complexity index is 523. The molecule has 0 aliphatic carbocycles. The molecule has 1 aliphatic rings. The number of aliphatic carboxylic acids is 1. The van der Waals surface area contributed by atoms with Gasteiger partial charge >= 0.3 is 12.0 Å². The third kappa shape index (κ3) is 3.30. The fraction of sp³-hybridized carbons (Fsp3) is 0.667.